The summed E-state index contributed by atoms with van der Waals surface area (Å²) >= 11 is 5.81. The summed E-state index contributed by atoms with van der Waals surface area (Å²) in [6.45, 7) is 1.75. The van der Waals surface area contributed by atoms with Gasteiger partial charge in [0, 0.05) is 5.02 Å². The molecule has 0 radical (unpaired) electrons. The highest BCUT2D eigenvalue weighted by atomic mass is 35.5. The highest BCUT2D eigenvalue weighted by Gasteiger charge is 2.15. The second-order valence-corrected chi connectivity index (χ2v) is 4.95. The van der Waals surface area contributed by atoms with Crippen molar-refractivity contribution in [2.45, 2.75) is 6.92 Å². The molecule has 0 aliphatic carbocycles. The fraction of sp³-hybridized carbons (Fsp3) is 0.0667. The average molecular weight is 303 g/mol. The van der Waals surface area contributed by atoms with E-state index in [1.54, 1.807) is 37.3 Å². The predicted octanol–water partition coefficient (Wildman–Crippen LogP) is 3.36. The molecule has 2 aromatic heterocycles. The van der Waals surface area contributed by atoms with Crippen LogP contribution in [0.5, 0.6) is 5.88 Å². The van der Waals surface area contributed by atoms with E-state index in [0.717, 1.165) is 0 Å². The van der Waals surface area contributed by atoms with Crippen LogP contribution in [0.25, 0.3) is 22.5 Å². The van der Waals surface area contributed by atoms with E-state index in [9.17, 15) is 9.90 Å². The Hall–Kier alpha value is -2.53. The molecule has 1 aromatic carbocycles. The third-order valence-corrected chi connectivity index (χ3v) is 3.40. The highest BCUT2D eigenvalue weighted by molar-refractivity contribution is 6.30. The van der Waals surface area contributed by atoms with Crippen LogP contribution in [0.1, 0.15) is 5.76 Å². The first-order chi connectivity index (χ1) is 10.1. The number of hydrogen-bond acceptors (Lipinski definition) is 4. The zero-order chi connectivity index (χ0) is 15.0. The molecule has 0 atom stereocenters. The van der Waals surface area contributed by atoms with E-state index in [0.29, 0.717) is 21.9 Å². The minimum absolute atomic E-state index is 0.108. The van der Waals surface area contributed by atoms with Crippen LogP contribution in [-0.4, -0.2) is 15.1 Å². The van der Waals surface area contributed by atoms with Crippen LogP contribution in [0.2, 0.25) is 5.02 Å². The molecule has 6 heteroatoms. The number of H-pyrrole nitrogens is 1. The Labute approximate surface area is 124 Å². The summed E-state index contributed by atoms with van der Waals surface area (Å²) in [5.41, 5.74) is 0.850. The van der Waals surface area contributed by atoms with E-state index in [-0.39, 0.29) is 17.3 Å². The zero-order valence-electron chi connectivity index (χ0n) is 11.1. The van der Waals surface area contributed by atoms with Crippen molar-refractivity contribution in [2.24, 2.45) is 0 Å². The van der Waals surface area contributed by atoms with Gasteiger partial charge in [-0.1, -0.05) is 23.7 Å². The third-order valence-electron chi connectivity index (χ3n) is 3.15. The lowest BCUT2D eigenvalue weighted by molar-refractivity contribution is 0.454. The van der Waals surface area contributed by atoms with Crippen LogP contribution in [0.4, 0.5) is 0 Å². The third kappa shape index (κ3) is 2.43. The van der Waals surface area contributed by atoms with Gasteiger partial charge in [0.15, 0.2) is 0 Å². The van der Waals surface area contributed by atoms with Gasteiger partial charge in [-0.05, 0) is 30.7 Å². The second-order valence-electron chi connectivity index (χ2n) is 4.51. The first-order valence-corrected chi connectivity index (χ1v) is 6.58. The van der Waals surface area contributed by atoms with Gasteiger partial charge >= 0.3 is 0 Å². The van der Waals surface area contributed by atoms with Gasteiger partial charge in [0.1, 0.15) is 17.1 Å². The maximum absolute atomic E-state index is 12.2. The number of nitrogens with one attached hydrogen (secondary N) is 1. The molecule has 0 aliphatic heterocycles. The Morgan fingerprint density at radius 1 is 1.24 bits per heavy atom. The van der Waals surface area contributed by atoms with E-state index in [1.165, 1.54) is 6.26 Å². The van der Waals surface area contributed by atoms with Gasteiger partial charge in [-0.25, -0.2) is 0 Å². The topological polar surface area (TPSA) is 79.1 Å². The van der Waals surface area contributed by atoms with Crippen LogP contribution < -0.4 is 5.56 Å². The van der Waals surface area contributed by atoms with Crippen molar-refractivity contribution in [3.8, 4) is 28.4 Å². The Kier molecular flexibility index (Phi) is 3.27. The molecule has 0 bridgehead atoms. The Morgan fingerprint density at radius 2 is 1.95 bits per heavy atom. The quantitative estimate of drug-likeness (QED) is 0.760. The maximum atomic E-state index is 12.2. The molecule has 0 spiro atoms. The number of aromatic hydroxyl groups is 1. The standard InChI is InChI=1S/C15H11ClN2O3/c1-8-11(6-7-21-8)13-17-14(19)12(15(20)18-13)9-2-4-10(16)5-3-9/h2-7H,1H3,(H2,17,18,19,20). The van der Waals surface area contributed by atoms with E-state index in [4.69, 9.17) is 16.0 Å². The molecule has 3 aromatic rings. The maximum Gasteiger partial charge on any atom is 0.262 e. The molecule has 21 heavy (non-hydrogen) atoms. The molecule has 3 rings (SSSR count). The van der Waals surface area contributed by atoms with Gasteiger partial charge in [-0.2, -0.15) is 4.98 Å². The van der Waals surface area contributed by atoms with Gasteiger partial charge in [0.25, 0.3) is 5.56 Å². The minimum Gasteiger partial charge on any atom is -0.493 e. The lowest BCUT2D eigenvalue weighted by Gasteiger charge is -2.06. The van der Waals surface area contributed by atoms with Crippen LogP contribution in [0.15, 0.2) is 45.8 Å². The molecule has 0 saturated heterocycles. The van der Waals surface area contributed by atoms with E-state index in [1.807, 2.05) is 0 Å². The van der Waals surface area contributed by atoms with Gasteiger partial charge in [0.2, 0.25) is 5.88 Å². The number of rotatable bonds is 2. The number of nitrogens with zero attached hydrogens (tertiary/aromatic N) is 1. The van der Waals surface area contributed by atoms with Gasteiger partial charge in [-0.3, -0.25) is 4.79 Å². The van der Waals surface area contributed by atoms with Crippen molar-refractivity contribution in [2.75, 3.05) is 0 Å². The van der Waals surface area contributed by atoms with Crippen LogP contribution >= 0.6 is 11.6 Å². The first-order valence-electron chi connectivity index (χ1n) is 6.20. The molecule has 0 unspecified atom stereocenters. The second kappa shape index (κ2) is 5.10. The van der Waals surface area contributed by atoms with E-state index >= 15 is 0 Å². The summed E-state index contributed by atoms with van der Waals surface area (Å²) in [5.74, 6) is 0.537. The van der Waals surface area contributed by atoms with Crippen molar-refractivity contribution in [1.29, 1.82) is 0 Å². The summed E-state index contributed by atoms with van der Waals surface area (Å²) in [6.07, 6.45) is 1.49. The number of aryl methyl sites for hydroxylation is 1. The molecular weight excluding hydrogens is 292 g/mol. The van der Waals surface area contributed by atoms with Crippen molar-refractivity contribution in [3.05, 3.63) is 57.7 Å². The molecule has 5 nitrogen and oxygen atoms in total. The SMILES string of the molecule is Cc1occc1-c1nc(O)c(-c2ccc(Cl)cc2)c(=O)[nH]1. The highest BCUT2D eigenvalue weighted by Crippen LogP contribution is 2.27. The van der Waals surface area contributed by atoms with Gasteiger partial charge in [-0.15, -0.1) is 0 Å². The molecule has 106 valence electrons. The molecule has 0 fully saturated rings. The molecule has 0 aliphatic rings. The molecule has 0 saturated carbocycles. The van der Waals surface area contributed by atoms with Crippen molar-refractivity contribution in [1.82, 2.24) is 9.97 Å². The number of aromatic amines is 1. The molecule has 2 heterocycles. The van der Waals surface area contributed by atoms with Crippen LogP contribution in [0.3, 0.4) is 0 Å². The summed E-state index contributed by atoms with van der Waals surface area (Å²) < 4.78 is 5.17. The average Bonchev–Trinajstić information content (AvgIpc) is 2.86. The summed E-state index contributed by atoms with van der Waals surface area (Å²) in [5, 5.41) is 10.6. The van der Waals surface area contributed by atoms with E-state index < -0.39 is 5.56 Å². The van der Waals surface area contributed by atoms with E-state index in [2.05, 4.69) is 9.97 Å². The lowest BCUT2D eigenvalue weighted by atomic mass is 10.1. The normalized spacial score (nSPS) is 10.8. The number of benzene rings is 1. The summed E-state index contributed by atoms with van der Waals surface area (Å²) in [6, 6.07) is 8.26. The van der Waals surface area contributed by atoms with Crippen molar-refractivity contribution >= 4 is 11.6 Å². The molecular formula is C15H11ClN2O3. The number of aromatic nitrogens is 2. The smallest absolute Gasteiger partial charge is 0.262 e. The number of furan rings is 1. The van der Waals surface area contributed by atoms with Crippen LogP contribution in [0, 0.1) is 6.92 Å². The van der Waals surface area contributed by atoms with Crippen LogP contribution in [-0.2, 0) is 0 Å². The van der Waals surface area contributed by atoms with Gasteiger partial charge in [0.05, 0.1) is 11.8 Å². The monoisotopic (exact) mass is 302 g/mol. The number of hydrogen-bond donors (Lipinski definition) is 2. The summed E-state index contributed by atoms with van der Waals surface area (Å²) in [7, 11) is 0. The molecule has 0 amide bonds. The Morgan fingerprint density at radius 3 is 2.52 bits per heavy atom. The fourth-order valence-electron chi connectivity index (χ4n) is 2.10. The summed E-state index contributed by atoms with van der Waals surface area (Å²) in [4.78, 5) is 18.9. The largest absolute Gasteiger partial charge is 0.493 e. The number of halogens is 1. The first kappa shape index (κ1) is 13.5. The predicted molar refractivity (Wildman–Crippen MR) is 79.4 cm³/mol. The van der Waals surface area contributed by atoms with Crippen molar-refractivity contribution < 1.29 is 9.52 Å². The minimum atomic E-state index is -0.430. The Bertz CT molecular complexity index is 850. The zero-order valence-corrected chi connectivity index (χ0v) is 11.8. The van der Waals surface area contributed by atoms with Gasteiger partial charge < -0.3 is 14.5 Å². The molecule has 2 N–H and O–H groups in total. The fourth-order valence-corrected chi connectivity index (χ4v) is 2.22. The van der Waals surface area contributed by atoms with Crippen molar-refractivity contribution in [3.63, 3.8) is 0 Å². The Balaban J connectivity index is 2.15. The lowest BCUT2D eigenvalue weighted by Crippen LogP contribution is -2.12.